The lowest BCUT2D eigenvalue weighted by atomic mass is 10.2. The summed E-state index contributed by atoms with van der Waals surface area (Å²) in [6.45, 7) is 1.64. The number of nitrogens with zero attached hydrogens (tertiary/aromatic N) is 2. The fourth-order valence-electron chi connectivity index (χ4n) is 2.45. The average Bonchev–Trinajstić information content (AvgIpc) is 2.81. The van der Waals surface area contributed by atoms with Crippen molar-refractivity contribution in [3.8, 4) is 5.75 Å². The second-order valence-electron chi connectivity index (χ2n) is 5.27. The fourth-order valence-corrected chi connectivity index (χ4v) is 2.45. The molecule has 2 aromatic rings. The summed E-state index contributed by atoms with van der Waals surface area (Å²) in [5.74, 6) is -0.0268. The van der Waals surface area contributed by atoms with Crippen molar-refractivity contribution >= 4 is 5.91 Å². The van der Waals surface area contributed by atoms with E-state index in [2.05, 4.69) is 4.98 Å². The predicted octanol–water partition coefficient (Wildman–Crippen LogP) is 2.14. The van der Waals surface area contributed by atoms with Crippen LogP contribution in [0.15, 0.2) is 48.8 Å². The fraction of sp³-hybridized carbons (Fsp3) is 0.294. The van der Waals surface area contributed by atoms with E-state index in [9.17, 15) is 9.18 Å². The van der Waals surface area contributed by atoms with Crippen LogP contribution in [0.2, 0.25) is 0 Å². The molecule has 0 aliphatic carbocycles. The van der Waals surface area contributed by atoms with Gasteiger partial charge in [-0.05, 0) is 30.3 Å². The van der Waals surface area contributed by atoms with Crippen LogP contribution < -0.4 is 4.74 Å². The molecule has 6 heteroatoms. The summed E-state index contributed by atoms with van der Waals surface area (Å²) in [4.78, 5) is 18.2. The van der Waals surface area contributed by atoms with E-state index in [1.807, 2.05) is 0 Å². The third kappa shape index (κ3) is 4.04. The van der Waals surface area contributed by atoms with E-state index >= 15 is 0 Å². The molecule has 1 saturated heterocycles. The molecular formula is C17H17FN2O3. The van der Waals surface area contributed by atoms with Crippen LogP contribution in [0.1, 0.15) is 10.4 Å². The minimum Gasteiger partial charge on any atom is -0.485 e. The average molecular weight is 316 g/mol. The number of carbonyl (C=O) groups excluding carboxylic acids is 1. The third-order valence-corrected chi connectivity index (χ3v) is 3.53. The largest absolute Gasteiger partial charge is 0.485 e. The number of amides is 1. The molecule has 1 aromatic heterocycles. The van der Waals surface area contributed by atoms with E-state index in [1.165, 1.54) is 18.2 Å². The number of ether oxygens (including phenoxy) is 2. The predicted molar refractivity (Wildman–Crippen MR) is 81.8 cm³/mol. The van der Waals surface area contributed by atoms with Gasteiger partial charge < -0.3 is 14.4 Å². The van der Waals surface area contributed by atoms with Crippen LogP contribution in [0.3, 0.4) is 0 Å². The highest BCUT2D eigenvalue weighted by atomic mass is 19.1. The van der Waals surface area contributed by atoms with Crippen molar-refractivity contribution in [2.24, 2.45) is 0 Å². The molecule has 1 atom stereocenters. The zero-order chi connectivity index (χ0) is 16.1. The van der Waals surface area contributed by atoms with Gasteiger partial charge in [0.2, 0.25) is 0 Å². The Balaban J connectivity index is 1.70. The number of benzene rings is 1. The number of aromatic nitrogens is 1. The highest BCUT2D eigenvalue weighted by Gasteiger charge is 2.24. The van der Waals surface area contributed by atoms with Crippen molar-refractivity contribution in [2.75, 3.05) is 26.3 Å². The van der Waals surface area contributed by atoms with E-state index in [0.29, 0.717) is 37.6 Å². The number of carbonyl (C=O) groups is 1. The highest BCUT2D eigenvalue weighted by molar-refractivity contribution is 5.94. The van der Waals surface area contributed by atoms with E-state index in [1.54, 1.807) is 35.5 Å². The molecule has 0 saturated carbocycles. The molecule has 120 valence electrons. The number of pyridine rings is 1. The molecule has 0 unspecified atom stereocenters. The molecule has 3 rings (SSSR count). The summed E-state index contributed by atoms with van der Waals surface area (Å²) < 4.78 is 24.6. The molecule has 1 aliphatic heterocycles. The lowest BCUT2D eigenvalue weighted by molar-refractivity contribution is 0.0650. The van der Waals surface area contributed by atoms with Crippen molar-refractivity contribution in [3.63, 3.8) is 0 Å². The minimum atomic E-state index is -0.426. The maximum Gasteiger partial charge on any atom is 0.254 e. The van der Waals surface area contributed by atoms with Gasteiger partial charge in [0.15, 0.2) is 0 Å². The van der Waals surface area contributed by atoms with E-state index < -0.39 is 5.82 Å². The van der Waals surface area contributed by atoms with Crippen molar-refractivity contribution in [1.82, 2.24) is 9.88 Å². The number of rotatable bonds is 3. The van der Waals surface area contributed by atoms with Crippen LogP contribution in [0.5, 0.6) is 5.75 Å². The van der Waals surface area contributed by atoms with Crippen LogP contribution in [-0.4, -0.2) is 48.2 Å². The Kier molecular flexibility index (Phi) is 4.83. The Morgan fingerprint density at radius 3 is 3.04 bits per heavy atom. The monoisotopic (exact) mass is 316 g/mol. The van der Waals surface area contributed by atoms with Crippen LogP contribution in [-0.2, 0) is 4.74 Å². The summed E-state index contributed by atoms with van der Waals surface area (Å²) in [5.41, 5.74) is 0.326. The smallest absolute Gasteiger partial charge is 0.254 e. The molecule has 23 heavy (non-hydrogen) atoms. The van der Waals surface area contributed by atoms with Crippen LogP contribution in [0.4, 0.5) is 4.39 Å². The molecule has 0 bridgehead atoms. The first-order valence-electron chi connectivity index (χ1n) is 7.41. The van der Waals surface area contributed by atoms with Crippen molar-refractivity contribution in [1.29, 1.82) is 0 Å². The molecule has 1 aliphatic rings. The van der Waals surface area contributed by atoms with Crippen LogP contribution in [0.25, 0.3) is 0 Å². The van der Waals surface area contributed by atoms with Crippen molar-refractivity contribution < 1.29 is 18.7 Å². The first-order valence-corrected chi connectivity index (χ1v) is 7.41. The summed E-state index contributed by atoms with van der Waals surface area (Å²) in [7, 11) is 0. The van der Waals surface area contributed by atoms with Gasteiger partial charge in [-0.3, -0.25) is 9.78 Å². The maximum atomic E-state index is 13.3. The van der Waals surface area contributed by atoms with E-state index in [-0.39, 0.29) is 12.0 Å². The van der Waals surface area contributed by atoms with Crippen molar-refractivity contribution in [2.45, 2.75) is 6.10 Å². The Morgan fingerprint density at radius 2 is 2.26 bits per heavy atom. The van der Waals surface area contributed by atoms with Gasteiger partial charge in [0, 0.05) is 18.3 Å². The Bertz CT molecular complexity index is 666. The molecular weight excluding hydrogens is 299 g/mol. The van der Waals surface area contributed by atoms with Gasteiger partial charge in [-0.15, -0.1) is 0 Å². The van der Waals surface area contributed by atoms with E-state index in [0.717, 1.165) is 0 Å². The quantitative estimate of drug-likeness (QED) is 0.870. The molecule has 0 N–H and O–H groups in total. The van der Waals surface area contributed by atoms with Gasteiger partial charge >= 0.3 is 0 Å². The van der Waals surface area contributed by atoms with Crippen LogP contribution in [0, 0.1) is 5.82 Å². The summed E-state index contributed by atoms with van der Waals surface area (Å²) in [6, 6.07) is 9.27. The topological polar surface area (TPSA) is 51.7 Å². The first-order chi connectivity index (χ1) is 11.2. The van der Waals surface area contributed by atoms with Gasteiger partial charge in [0.25, 0.3) is 5.91 Å². The van der Waals surface area contributed by atoms with Crippen LogP contribution >= 0.6 is 0 Å². The van der Waals surface area contributed by atoms with Crippen molar-refractivity contribution in [3.05, 3.63) is 60.2 Å². The zero-order valence-corrected chi connectivity index (χ0v) is 12.5. The lowest BCUT2D eigenvalue weighted by Crippen LogP contribution is -2.40. The second kappa shape index (κ2) is 7.19. The second-order valence-corrected chi connectivity index (χ2v) is 5.27. The standard InChI is InChI=1S/C17H17FN2O3/c18-14-4-1-3-13(9-14)17(21)20-7-8-22-12-16(11-20)23-15-5-2-6-19-10-15/h1-6,9-10,16H,7-8,11-12H2/t16-/m1/s1. The summed E-state index contributed by atoms with van der Waals surface area (Å²) in [5, 5.41) is 0. The van der Waals surface area contributed by atoms with Gasteiger partial charge in [0.05, 0.1) is 26.0 Å². The van der Waals surface area contributed by atoms with Gasteiger partial charge in [0.1, 0.15) is 17.7 Å². The SMILES string of the molecule is O=C(c1cccc(F)c1)N1CCOC[C@H](Oc2cccnc2)C1. The Hall–Kier alpha value is -2.47. The van der Waals surface area contributed by atoms with E-state index in [4.69, 9.17) is 9.47 Å². The lowest BCUT2D eigenvalue weighted by Gasteiger charge is -2.24. The summed E-state index contributed by atoms with van der Waals surface area (Å²) >= 11 is 0. The molecule has 1 fully saturated rings. The first kappa shape index (κ1) is 15.4. The minimum absolute atomic E-state index is 0.227. The third-order valence-electron chi connectivity index (χ3n) is 3.53. The van der Waals surface area contributed by atoms with Gasteiger partial charge in [-0.25, -0.2) is 4.39 Å². The number of hydrogen-bond acceptors (Lipinski definition) is 4. The van der Waals surface area contributed by atoms with Gasteiger partial charge in [-0.1, -0.05) is 6.07 Å². The molecule has 0 spiro atoms. The Morgan fingerprint density at radius 1 is 1.35 bits per heavy atom. The Labute approximate surface area is 133 Å². The number of halogens is 1. The molecule has 1 amide bonds. The molecule has 0 radical (unpaired) electrons. The maximum absolute atomic E-state index is 13.3. The normalized spacial score (nSPS) is 18.3. The summed E-state index contributed by atoms with van der Waals surface area (Å²) in [6.07, 6.45) is 2.99. The zero-order valence-electron chi connectivity index (χ0n) is 12.5. The molecule has 5 nitrogen and oxygen atoms in total. The molecule has 2 heterocycles. The highest BCUT2D eigenvalue weighted by Crippen LogP contribution is 2.14. The number of hydrogen-bond donors (Lipinski definition) is 0. The van der Waals surface area contributed by atoms with Gasteiger partial charge in [-0.2, -0.15) is 0 Å². The molecule has 1 aromatic carbocycles.